The highest BCUT2D eigenvalue weighted by molar-refractivity contribution is 5.19. The van der Waals surface area contributed by atoms with E-state index < -0.39 is 0 Å². The molecule has 4 N–H and O–H groups in total. The predicted octanol–water partition coefficient (Wildman–Crippen LogP) is 0.349. The molecule has 1 heterocycles. The zero-order valence-electron chi connectivity index (χ0n) is 6.62. The van der Waals surface area contributed by atoms with E-state index in [9.17, 15) is 0 Å². The largest absolute Gasteiger partial charge is 0.329 e. The van der Waals surface area contributed by atoms with E-state index in [1.54, 1.807) is 12.4 Å². The SMILES string of the molecule is Cc1cncc([C@H](N)CN)c1. The minimum atomic E-state index is -0.0811. The number of rotatable bonds is 2. The minimum absolute atomic E-state index is 0.0811. The lowest BCUT2D eigenvalue weighted by atomic mass is 10.1. The molecule has 0 bridgehead atoms. The van der Waals surface area contributed by atoms with E-state index in [0.29, 0.717) is 6.54 Å². The molecule has 0 saturated carbocycles. The molecule has 0 aliphatic carbocycles. The van der Waals surface area contributed by atoms with Gasteiger partial charge in [-0.3, -0.25) is 4.98 Å². The number of hydrogen-bond acceptors (Lipinski definition) is 3. The molecular formula is C8H13N3. The second-order valence-corrected chi connectivity index (χ2v) is 2.64. The van der Waals surface area contributed by atoms with Crippen LogP contribution in [0, 0.1) is 6.92 Å². The molecule has 1 rings (SSSR count). The van der Waals surface area contributed by atoms with E-state index in [-0.39, 0.29) is 6.04 Å². The summed E-state index contributed by atoms with van der Waals surface area (Å²) in [4.78, 5) is 4.02. The second kappa shape index (κ2) is 3.46. The second-order valence-electron chi connectivity index (χ2n) is 2.64. The Balaban J connectivity index is 2.86. The first kappa shape index (κ1) is 8.17. The van der Waals surface area contributed by atoms with Crippen molar-refractivity contribution in [2.45, 2.75) is 13.0 Å². The summed E-state index contributed by atoms with van der Waals surface area (Å²) >= 11 is 0. The van der Waals surface area contributed by atoms with Gasteiger partial charge in [0.1, 0.15) is 0 Å². The van der Waals surface area contributed by atoms with E-state index >= 15 is 0 Å². The first-order valence-electron chi connectivity index (χ1n) is 3.61. The van der Waals surface area contributed by atoms with Gasteiger partial charge in [-0.15, -0.1) is 0 Å². The molecule has 1 atom stereocenters. The van der Waals surface area contributed by atoms with Gasteiger partial charge in [0.25, 0.3) is 0 Å². The van der Waals surface area contributed by atoms with Gasteiger partial charge < -0.3 is 11.5 Å². The fourth-order valence-electron chi connectivity index (χ4n) is 0.917. The van der Waals surface area contributed by atoms with Crippen LogP contribution >= 0.6 is 0 Å². The highest BCUT2D eigenvalue weighted by atomic mass is 14.7. The molecule has 0 radical (unpaired) electrons. The number of pyridine rings is 1. The Morgan fingerprint density at radius 2 is 2.27 bits per heavy atom. The predicted molar refractivity (Wildman–Crippen MR) is 45.0 cm³/mol. The van der Waals surface area contributed by atoms with Crippen molar-refractivity contribution >= 4 is 0 Å². The third kappa shape index (κ3) is 2.00. The molecule has 0 aliphatic rings. The van der Waals surface area contributed by atoms with Crippen LogP contribution in [0.15, 0.2) is 18.5 Å². The van der Waals surface area contributed by atoms with E-state index in [1.165, 1.54) is 0 Å². The van der Waals surface area contributed by atoms with Gasteiger partial charge in [0, 0.05) is 25.0 Å². The van der Waals surface area contributed by atoms with Crippen molar-refractivity contribution in [1.82, 2.24) is 4.98 Å². The molecule has 1 aromatic rings. The van der Waals surface area contributed by atoms with E-state index in [2.05, 4.69) is 4.98 Å². The molecule has 0 saturated heterocycles. The summed E-state index contributed by atoms with van der Waals surface area (Å²) in [6, 6.07) is 1.92. The average molecular weight is 151 g/mol. The van der Waals surface area contributed by atoms with Crippen LogP contribution in [0.1, 0.15) is 17.2 Å². The lowest BCUT2D eigenvalue weighted by Gasteiger charge is -2.07. The Bertz CT molecular complexity index is 235. The van der Waals surface area contributed by atoms with Gasteiger partial charge >= 0.3 is 0 Å². The van der Waals surface area contributed by atoms with Crippen LogP contribution in [0.3, 0.4) is 0 Å². The summed E-state index contributed by atoms with van der Waals surface area (Å²) < 4.78 is 0. The van der Waals surface area contributed by atoms with Gasteiger partial charge in [-0.25, -0.2) is 0 Å². The first-order valence-corrected chi connectivity index (χ1v) is 3.61. The Morgan fingerprint density at radius 3 is 2.82 bits per heavy atom. The van der Waals surface area contributed by atoms with E-state index in [1.807, 2.05) is 13.0 Å². The molecule has 3 nitrogen and oxygen atoms in total. The lowest BCUT2D eigenvalue weighted by Crippen LogP contribution is -2.20. The van der Waals surface area contributed by atoms with Gasteiger partial charge in [0.15, 0.2) is 0 Å². The normalized spacial score (nSPS) is 13.0. The van der Waals surface area contributed by atoms with Crippen molar-refractivity contribution in [1.29, 1.82) is 0 Å². The van der Waals surface area contributed by atoms with Crippen molar-refractivity contribution in [3.05, 3.63) is 29.6 Å². The topological polar surface area (TPSA) is 64.9 Å². The number of aryl methyl sites for hydroxylation is 1. The van der Waals surface area contributed by atoms with Crippen LogP contribution in [0.25, 0.3) is 0 Å². The molecule has 1 aromatic heterocycles. The zero-order valence-corrected chi connectivity index (χ0v) is 6.62. The number of hydrogen-bond donors (Lipinski definition) is 2. The third-order valence-electron chi connectivity index (χ3n) is 1.58. The fourth-order valence-corrected chi connectivity index (χ4v) is 0.917. The maximum Gasteiger partial charge on any atom is 0.0434 e. The van der Waals surface area contributed by atoms with Gasteiger partial charge in [0.05, 0.1) is 0 Å². The summed E-state index contributed by atoms with van der Waals surface area (Å²) in [6.07, 6.45) is 3.55. The first-order chi connectivity index (χ1) is 5.24. The molecule has 0 aliphatic heterocycles. The van der Waals surface area contributed by atoms with Gasteiger partial charge in [-0.05, 0) is 18.1 Å². The van der Waals surface area contributed by atoms with Crippen LogP contribution in [-0.4, -0.2) is 11.5 Å². The molecular weight excluding hydrogens is 138 g/mol. The van der Waals surface area contributed by atoms with E-state index in [4.69, 9.17) is 11.5 Å². The van der Waals surface area contributed by atoms with E-state index in [0.717, 1.165) is 11.1 Å². The van der Waals surface area contributed by atoms with Gasteiger partial charge in [-0.2, -0.15) is 0 Å². The van der Waals surface area contributed by atoms with Crippen molar-refractivity contribution in [3.63, 3.8) is 0 Å². The molecule has 11 heavy (non-hydrogen) atoms. The molecule has 0 aromatic carbocycles. The summed E-state index contributed by atoms with van der Waals surface area (Å²) in [5, 5.41) is 0. The van der Waals surface area contributed by atoms with Crippen LogP contribution in [-0.2, 0) is 0 Å². The number of aromatic nitrogens is 1. The van der Waals surface area contributed by atoms with Crippen LogP contribution < -0.4 is 11.5 Å². The molecule has 0 unspecified atom stereocenters. The Kier molecular flexibility index (Phi) is 2.57. The third-order valence-corrected chi connectivity index (χ3v) is 1.58. The highest BCUT2D eigenvalue weighted by Crippen LogP contribution is 2.08. The number of nitrogens with two attached hydrogens (primary N) is 2. The van der Waals surface area contributed by atoms with Gasteiger partial charge in [0.2, 0.25) is 0 Å². The molecule has 0 fully saturated rings. The smallest absolute Gasteiger partial charge is 0.0434 e. The quantitative estimate of drug-likeness (QED) is 0.641. The van der Waals surface area contributed by atoms with Crippen molar-refractivity contribution in [2.24, 2.45) is 11.5 Å². The minimum Gasteiger partial charge on any atom is -0.329 e. The lowest BCUT2D eigenvalue weighted by molar-refractivity contribution is 0.732. The van der Waals surface area contributed by atoms with Crippen LogP contribution in [0.2, 0.25) is 0 Å². The Hall–Kier alpha value is -0.930. The Morgan fingerprint density at radius 1 is 1.55 bits per heavy atom. The molecule has 0 spiro atoms. The van der Waals surface area contributed by atoms with Crippen LogP contribution in [0.4, 0.5) is 0 Å². The standard InChI is InChI=1S/C8H13N3/c1-6-2-7(5-11-4-6)8(10)3-9/h2,4-5,8H,3,9-10H2,1H3/t8-/m1/s1. The van der Waals surface area contributed by atoms with Crippen molar-refractivity contribution in [2.75, 3.05) is 6.54 Å². The summed E-state index contributed by atoms with van der Waals surface area (Å²) in [7, 11) is 0. The fraction of sp³-hybridized carbons (Fsp3) is 0.375. The zero-order chi connectivity index (χ0) is 8.27. The van der Waals surface area contributed by atoms with Gasteiger partial charge in [-0.1, -0.05) is 6.07 Å². The molecule has 0 amide bonds. The summed E-state index contributed by atoms with van der Waals surface area (Å²) in [5.74, 6) is 0. The molecule has 60 valence electrons. The Labute approximate surface area is 66.4 Å². The maximum absolute atomic E-state index is 5.70. The van der Waals surface area contributed by atoms with Crippen molar-refractivity contribution < 1.29 is 0 Å². The van der Waals surface area contributed by atoms with Crippen LogP contribution in [0.5, 0.6) is 0 Å². The summed E-state index contributed by atoms with van der Waals surface area (Å²) in [6.45, 7) is 2.45. The monoisotopic (exact) mass is 151 g/mol. The van der Waals surface area contributed by atoms with Crippen molar-refractivity contribution in [3.8, 4) is 0 Å². The summed E-state index contributed by atoms with van der Waals surface area (Å²) in [5.41, 5.74) is 13.2. The average Bonchev–Trinajstić information content (AvgIpc) is 2.03. The molecule has 3 heteroatoms. The highest BCUT2D eigenvalue weighted by Gasteiger charge is 2.02. The maximum atomic E-state index is 5.70. The number of nitrogens with zero attached hydrogens (tertiary/aromatic N) is 1.